The van der Waals surface area contributed by atoms with E-state index in [0.717, 1.165) is 23.5 Å². The molecule has 1 amide bonds. The molecule has 0 aliphatic carbocycles. The van der Waals surface area contributed by atoms with E-state index in [1.165, 1.54) is 5.56 Å². The van der Waals surface area contributed by atoms with Crippen LogP contribution in [0.3, 0.4) is 0 Å². The highest BCUT2D eigenvalue weighted by Gasteiger charge is 2.22. The van der Waals surface area contributed by atoms with Gasteiger partial charge in [0.05, 0.1) is 17.2 Å². The number of nitrogens with one attached hydrogen (secondary N) is 3. The first kappa shape index (κ1) is 26.1. The minimum atomic E-state index is -0.205. The zero-order chi connectivity index (χ0) is 22.2. The zero-order valence-electron chi connectivity index (χ0n) is 18.5. The van der Waals surface area contributed by atoms with Crippen molar-refractivity contribution in [1.29, 1.82) is 0 Å². The fourth-order valence-electron chi connectivity index (χ4n) is 3.41. The van der Waals surface area contributed by atoms with E-state index in [1.807, 2.05) is 13.0 Å². The smallest absolute Gasteiger partial charge is 0.252 e. The topological polar surface area (TPSA) is 84.0 Å². The summed E-state index contributed by atoms with van der Waals surface area (Å²) < 4.78 is 11.7. The molecule has 1 heterocycles. The summed E-state index contributed by atoms with van der Waals surface area (Å²) in [5.74, 6) is 2.19. The predicted octanol–water partition coefficient (Wildman–Crippen LogP) is 3.78. The van der Waals surface area contributed by atoms with Crippen LogP contribution >= 0.6 is 35.6 Å². The van der Waals surface area contributed by atoms with Gasteiger partial charge in [-0.1, -0.05) is 23.7 Å². The average Bonchev–Trinajstić information content (AvgIpc) is 3.12. The first-order chi connectivity index (χ1) is 15.0. The van der Waals surface area contributed by atoms with Gasteiger partial charge < -0.3 is 25.4 Å². The van der Waals surface area contributed by atoms with Crippen molar-refractivity contribution in [3.8, 4) is 11.5 Å². The molecule has 0 saturated carbocycles. The summed E-state index contributed by atoms with van der Waals surface area (Å²) in [5.41, 5.74) is 2.64. The highest BCUT2D eigenvalue weighted by molar-refractivity contribution is 14.0. The molecule has 3 rings (SSSR count). The van der Waals surface area contributed by atoms with Gasteiger partial charge in [0.2, 0.25) is 0 Å². The van der Waals surface area contributed by atoms with Crippen molar-refractivity contribution in [2.24, 2.45) is 4.99 Å². The van der Waals surface area contributed by atoms with Gasteiger partial charge in [-0.3, -0.25) is 9.79 Å². The number of hydrogen-bond acceptors (Lipinski definition) is 4. The molecule has 1 unspecified atom stereocenters. The van der Waals surface area contributed by atoms with Crippen molar-refractivity contribution in [3.05, 3.63) is 58.1 Å². The zero-order valence-corrected chi connectivity index (χ0v) is 21.6. The highest BCUT2D eigenvalue weighted by atomic mass is 127. The summed E-state index contributed by atoms with van der Waals surface area (Å²) in [7, 11) is 1.70. The molecule has 32 heavy (non-hydrogen) atoms. The third-order valence-corrected chi connectivity index (χ3v) is 5.20. The van der Waals surface area contributed by atoms with E-state index in [1.54, 1.807) is 31.3 Å². The number of rotatable bonds is 8. The van der Waals surface area contributed by atoms with Gasteiger partial charge in [0.1, 0.15) is 17.6 Å². The number of carbonyl (C=O) groups excluding carboxylic acids is 1. The largest absolute Gasteiger partial charge is 0.494 e. The van der Waals surface area contributed by atoms with Gasteiger partial charge in [-0.25, -0.2) is 0 Å². The Labute approximate surface area is 211 Å². The fraction of sp³-hybridized carbons (Fsp3) is 0.391. The fourth-order valence-corrected chi connectivity index (χ4v) is 3.63. The molecule has 1 atom stereocenters. The molecular weight excluding hydrogens is 543 g/mol. The molecule has 1 aliphatic rings. The number of aliphatic imine (C=N–C) groups is 1. The number of hydrogen-bond donors (Lipinski definition) is 3. The van der Waals surface area contributed by atoms with Crippen LogP contribution in [-0.4, -0.2) is 44.7 Å². The Morgan fingerprint density at radius 3 is 2.69 bits per heavy atom. The van der Waals surface area contributed by atoms with Crippen LogP contribution < -0.4 is 25.4 Å². The molecule has 0 aromatic heterocycles. The first-order valence-electron chi connectivity index (χ1n) is 10.4. The number of guanidine groups is 1. The lowest BCUT2D eigenvalue weighted by Gasteiger charge is -2.16. The van der Waals surface area contributed by atoms with E-state index < -0.39 is 0 Å². The predicted molar refractivity (Wildman–Crippen MR) is 139 cm³/mol. The Kier molecular flexibility index (Phi) is 10.4. The number of halogens is 2. The normalized spacial score (nSPS) is 14.6. The lowest BCUT2D eigenvalue weighted by Crippen LogP contribution is -2.41. The summed E-state index contributed by atoms with van der Waals surface area (Å²) in [6.45, 7) is 6.11. The van der Waals surface area contributed by atoms with Gasteiger partial charge in [0, 0.05) is 44.2 Å². The molecule has 0 saturated heterocycles. The molecule has 0 spiro atoms. The molecule has 7 nitrogen and oxygen atoms in total. The van der Waals surface area contributed by atoms with E-state index in [2.05, 4.69) is 33.9 Å². The summed E-state index contributed by atoms with van der Waals surface area (Å²) >= 11 is 6.06. The van der Waals surface area contributed by atoms with Crippen LogP contribution in [-0.2, 0) is 13.0 Å². The van der Waals surface area contributed by atoms with Crippen molar-refractivity contribution in [1.82, 2.24) is 16.0 Å². The summed E-state index contributed by atoms with van der Waals surface area (Å²) in [6.07, 6.45) is 1.08. The lowest BCUT2D eigenvalue weighted by atomic mass is 10.1. The minimum Gasteiger partial charge on any atom is -0.494 e. The van der Waals surface area contributed by atoms with Crippen molar-refractivity contribution in [2.75, 3.05) is 26.7 Å². The number of ether oxygens (including phenoxy) is 2. The molecule has 174 valence electrons. The van der Waals surface area contributed by atoms with Gasteiger partial charge in [-0.15, -0.1) is 24.0 Å². The van der Waals surface area contributed by atoms with E-state index in [4.69, 9.17) is 21.1 Å². The van der Waals surface area contributed by atoms with Crippen molar-refractivity contribution in [2.45, 2.75) is 32.9 Å². The Hall–Kier alpha value is -2.20. The van der Waals surface area contributed by atoms with Crippen LogP contribution in [0.15, 0.2) is 41.4 Å². The van der Waals surface area contributed by atoms with Crippen LogP contribution in [0.1, 0.15) is 35.3 Å². The van der Waals surface area contributed by atoms with Crippen LogP contribution in [0.4, 0.5) is 0 Å². The number of nitrogens with zero attached hydrogens (tertiary/aromatic N) is 1. The second kappa shape index (κ2) is 12.7. The van der Waals surface area contributed by atoms with Crippen molar-refractivity contribution >= 4 is 47.4 Å². The maximum atomic E-state index is 12.2. The molecule has 0 bridgehead atoms. The van der Waals surface area contributed by atoms with Crippen LogP contribution in [0.2, 0.25) is 5.02 Å². The van der Waals surface area contributed by atoms with E-state index >= 15 is 0 Å². The Morgan fingerprint density at radius 2 is 1.97 bits per heavy atom. The number of amides is 1. The summed E-state index contributed by atoms with van der Waals surface area (Å²) in [6, 6.07) is 11.1. The van der Waals surface area contributed by atoms with Crippen molar-refractivity contribution < 1.29 is 14.3 Å². The standard InChI is InChI=1S/C23H29ClN4O3.HI/c1-4-30-20-12-16-11-15(2)31-21(16)13-17(20)14-28-23(25-3)27-10-9-26-22(29)18-7-5-6-8-19(18)24;/h5-8,12-13,15H,4,9-11,14H2,1-3H3,(H,26,29)(H2,25,27,28);1H. The summed E-state index contributed by atoms with van der Waals surface area (Å²) in [5, 5.41) is 9.76. The van der Waals surface area contributed by atoms with E-state index in [0.29, 0.717) is 42.8 Å². The number of carbonyl (C=O) groups is 1. The van der Waals surface area contributed by atoms with Gasteiger partial charge in [0.15, 0.2) is 5.96 Å². The second-order valence-electron chi connectivity index (χ2n) is 7.22. The molecule has 0 radical (unpaired) electrons. The maximum Gasteiger partial charge on any atom is 0.252 e. The maximum absolute atomic E-state index is 12.2. The van der Waals surface area contributed by atoms with Gasteiger partial charge in [0.25, 0.3) is 5.91 Å². The minimum absolute atomic E-state index is 0. The average molecular weight is 573 g/mol. The van der Waals surface area contributed by atoms with E-state index in [-0.39, 0.29) is 36.0 Å². The Balaban J connectivity index is 0.00000363. The Bertz CT molecular complexity index is 955. The van der Waals surface area contributed by atoms with Crippen LogP contribution in [0.25, 0.3) is 0 Å². The quantitative estimate of drug-likeness (QED) is 0.194. The number of fused-ring (bicyclic) bond motifs is 1. The van der Waals surface area contributed by atoms with Gasteiger partial charge >= 0.3 is 0 Å². The van der Waals surface area contributed by atoms with Gasteiger partial charge in [-0.05, 0) is 38.1 Å². The highest BCUT2D eigenvalue weighted by Crippen LogP contribution is 2.35. The molecule has 2 aromatic carbocycles. The van der Waals surface area contributed by atoms with Crippen LogP contribution in [0, 0.1) is 0 Å². The summed E-state index contributed by atoms with van der Waals surface area (Å²) in [4.78, 5) is 16.5. The molecule has 1 aliphatic heterocycles. The SMILES string of the molecule is CCOc1cc2c(cc1CNC(=NC)NCCNC(=O)c1ccccc1Cl)OC(C)C2.I. The molecular formula is C23H30ClIN4O3. The van der Waals surface area contributed by atoms with E-state index in [9.17, 15) is 4.79 Å². The van der Waals surface area contributed by atoms with Crippen molar-refractivity contribution in [3.63, 3.8) is 0 Å². The monoisotopic (exact) mass is 572 g/mol. The van der Waals surface area contributed by atoms with Gasteiger partial charge in [-0.2, -0.15) is 0 Å². The molecule has 0 fully saturated rings. The molecule has 2 aromatic rings. The third-order valence-electron chi connectivity index (χ3n) is 4.87. The van der Waals surface area contributed by atoms with Crippen LogP contribution in [0.5, 0.6) is 11.5 Å². The molecule has 9 heteroatoms. The lowest BCUT2D eigenvalue weighted by molar-refractivity contribution is 0.0954. The molecule has 3 N–H and O–H groups in total. The number of benzene rings is 2. The second-order valence-corrected chi connectivity index (χ2v) is 7.63. The Morgan fingerprint density at radius 1 is 1.22 bits per heavy atom. The first-order valence-corrected chi connectivity index (χ1v) is 10.8. The third kappa shape index (κ3) is 6.90.